The fraction of sp³-hybridized carbons (Fsp3) is 0.562. The minimum atomic E-state index is -0.844. The Hall–Kier alpha value is -1.55. The molecule has 1 aromatic rings. The van der Waals surface area contributed by atoms with Crippen LogP contribution >= 0.6 is 0 Å². The van der Waals surface area contributed by atoms with Crippen molar-refractivity contribution < 1.29 is 14.3 Å². The molecule has 0 aliphatic carbocycles. The van der Waals surface area contributed by atoms with Gasteiger partial charge in [-0.25, -0.2) is 4.79 Å². The van der Waals surface area contributed by atoms with E-state index in [2.05, 4.69) is 5.32 Å². The number of benzene rings is 1. The number of rotatable bonds is 6. The van der Waals surface area contributed by atoms with E-state index in [0.717, 1.165) is 5.69 Å². The summed E-state index contributed by atoms with van der Waals surface area (Å²) in [6, 6.07) is 7.91. The molecule has 0 aliphatic heterocycles. The minimum absolute atomic E-state index is 0.303. The number of hydrogen-bond acceptors (Lipinski definition) is 4. The van der Waals surface area contributed by atoms with Crippen LogP contribution in [0.4, 0.5) is 5.69 Å². The van der Waals surface area contributed by atoms with E-state index in [1.54, 1.807) is 7.11 Å². The van der Waals surface area contributed by atoms with Crippen molar-refractivity contribution in [3.63, 3.8) is 0 Å². The fourth-order valence-corrected chi connectivity index (χ4v) is 2.27. The van der Waals surface area contributed by atoms with Crippen LogP contribution in [0, 0.1) is 6.92 Å². The molecular formula is C16H25NO3. The molecule has 4 heteroatoms. The van der Waals surface area contributed by atoms with Crippen LogP contribution in [0.1, 0.15) is 32.8 Å². The SMILES string of the molecule is COC(=O)C(C)(CC(C)(C)OC)Nc1ccc(C)cc1. The Labute approximate surface area is 121 Å². The van der Waals surface area contributed by atoms with Gasteiger partial charge in [-0.1, -0.05) is 17.7 Å². The molecule has 0 saturated carbocycles. The first-order valence-electron chi connectivity index (χ1n) is 6.71. The summed E-state index contributed by atoms with van der Waals surface area (Å²) < 4.78 is 10.4. The Balaban J connectivity index is 2.99. The molecule has 1 rings (SSSR count). The van der Waals surface area contributed by atoms with E-state index in [4.69, 9.17) is 9.47 Å². The summed E-state index contributed by atoms with van der Waals surface area (Å²) in [7, 11) is 3.04. The lowest BCUT2D eigenvalue weighted by molar-refractivity contribution is -0.148. The highest BCUT2D eigenvalue weighted by atomic mass is 16.5. The number of carbonyl (C=O) groups is 1. The largest absolute Gasteiger partial charge is 0.467 e. The van der Waals surface area contributed by atoms with Gasteiger partial charge in [0.05, 0.1) is 12.7 Å². The van der Waals surface area contributed by atoms with E-state index >= 15 is 0 Å². The number of hydrogen-bond donors (Lipinski definition) is 1. The van der Waals surface area contributed by atoms with Gasteiger partial charge >= 0.3 is 5.97 Å². The Kier molecular flexibility index (Phi) is 5.17. The zero-order chi connectivity index (χ0) is 15.4. The van der Waals surface area contributed by atoms with Crippen LogP contribution in [0.2, 0.25) is 0 Å². The molecule has 112 valence electrons. The second-order valence-electron chi connectivity index (χ2n) is 5.96. The molecule has 0 saturated heterocycles. The zero-order valence-corrected chi connectivity index (χ0v) is 13.2. The average molecular weight is 279 g/mol. The molecule has 0 amide bonds. The third-order valence-corrected chi connectivity index (χ3v) is 3.44. The van der Waals surface area contributed by atoms with Crippen molar-refractivity contribution in [2.75, 3.05) is 19.5 Å². The Morgan fingerprint density at radius 2 is 1.70 bits per heavy atom. The summed E-state index contributed by atoms with van der Waals surface area (Å²) in [6.07, 6.45) is 0.497. The summed E-state index contributed by atoms with van der Waals surface area (Å²) in [4.78, 5) is 12.2. The quantitative estimate of drug-likeness (QED) is 0.813. The van der Waals surface area contributed by atoms with Gasteiger partial charge in [-0.05, 0) is 39.8 Å². The van der Waals surface area contributed by atoms with E-state index in [0.29, 0.717) is 6.42 Å². The highest BCUT2D eigenvalue weighted by Gasteiger charge is 2.40. The van der Waals surface area contributed by atoms with E-state index in [-0.39, 0.29) is 5.97 Å². The van der Waals surface area contributed by atoms with Crippen molar-refractivity contribution >= 4 is 11.7 Å². The number of nitrogens with one attached hydrogen (secondary N) is 1. The Morgan fingerprint density at radius 3 is 2.15 bits per heavy atom. The zero-order valence-electron chi connectivity index (χ0n) is 13.2. The maximum absolute atomic E-state index is 12.2. The van der Waals surface area contributed by atoms with E-state index in [9.17, 15) is 4.79 Å². The summed E-state index contributed by atoms with van der Waals surface area (Å²) in [5.41, 5.74) is 0.785. The van der Waals surface area contributed by atoms with Gasteiger partial charge in [0.1, 0.15) is 5.54 Å². The number of ether oxygens (including phenoxy) is 2. The number of esters is 1. The number of anilines is 1. The topological polar surface area (TPSA) is 47.6 Å². The lowest BCUT2D eigenvalue weighted by Crippen LogP contribution is -2.49. The lowest BCUT2D eigenvalue weighted by Gasteiger charge is -2.36. The van der Waals surface area contributed by atoms with Crippen molar-refractivity contribution in [3.8, 4) is 0 Å². The first-order valence-corrected chi connectivity index (χ1v) is 6.71. The first-order chi connectivity index (χ1) is 9.22. The molecule has 4 nitrogen and oxygen atoms in total. The van der Waals surface area contributed by atoms with Gasteiger partial charge < -0.3 is 14.8 Å². The molecule has 1 unspecified atom stereocenters. The number of carbonyl (C=O) groups excluding carboxylic acids is 1. The van der Waals surface area contributed by atoms with Crippen LogP contribution in [-0.4, -0.2) is 31.3 Å². The second-order valence-corrected chi connectivity index (χ2v) is 5.96. The van der Waals surface area contributed by atoms with E-state index in [1.807, 2.05) is 52.0 Å². The van der Waals surface area contributed by atoms with Crippen molar-refractivity contribution in [3.05, 3.63) is 29.8 Å². The van der Waals surface area contributed by atoms with Crippen LogP contribution in [0.15, 0.2) is 24.3 Å². The smallest absolute Gasteiger partial charge is 0.331 e. The van der Waals surface area contributed by atoms with Crippen LogP contribution in [-0.2, 0) is 14.3 Å². The first kappa shape index (κ1) is 16.5. The van der Waals surface area contributed by atoms with Gasteiger partial charge in [-0.2, -0.15) is 0 Å². The molecule has 1 aromatic carbocycles. The maximum atomic E-state index is 12.2. The van der Waals surface area contributed by atoms with Crippen LogP contribution < -0.4 is 5.32 Å². The fourth-order valence-electron chi connectivity index (χ4n) is 2.27. The second kappa shape index (κ2) is 6.27. The molecule has 0 heterocycles. The molecule has 1 atom stereocenters. The van der Waals surface area contributed by atoms with Crippen molar-refractivity contribution in [2.45, 2.75) is 45.3 Å². The van der Waals surface area contributed by atoms with Gasteiger partial charge in [0.25, 0.3) is 0 Å². The highest BCUT2D eigenvalue weighted by molar-refractivity contribution is 5.84. The molecule has 0 radical (unpaired) electrons. The van der Waals surface area contributed by atoms with E-state index in [1.165, 1.54) is 12.7 Å². The van der Waals surface area contributed by atoms with Crippen LogP contribution in [0.5, 0.6) is 0 Å². The van der Waals surface area contributed by atoms with Gasteiger partial charge in [0.15, 0.2) is 0 Å². The molecule has 0 aliphatic rings. The standard InChI is InChI=1S/C16H25NO3/c1-12-7-9-13(10-8-12)17-16(4,14(18)19-5)11-15(2,3)20-6/h7-10,17H,11H2,1-6H3. The summed E-state index contributed by atoms with van der Waals surface area (Å²) in [6.45, 7) is 7.76. The molecular weight excluding hydrogens is 254 g/mol. The number of aryl methyl sites for hydroxylation is 1. The third kappa shape index (κ3) is 4.23. The molecule has 0 fully saturated rings. The average Bonchev–Trinajstić information content (AvgIpc) is 2.40. The van der Waals surface area contributed by atoms with Crippen molar-refractivity contribution in [1.29, 1.82) is 0 Å². The predicted molar refractivity (Wildman–Crippen MR) is 80.9 cm³/mol. The number of methoxy groups -OCH3 is 2. The molecule has 20 heavy (non-hydrogen) atoms. The molecule has 0 bridgehead atoms. The Bertz CT molecular complexity index is 453. The van der Waals surface area contributed by atoms with Crippen molar-refractivity contribution in [1.82, 2.24) is 0 Å². The summed E-state index contributed by atoms with van der Waals surface area (Å²) >= 11 is 0. The monoisotopic (exact) mass is 279 g/mol. The maximum Gasteiger partial charge on any atom is 0.331 e. The Morgan fingerprint density at radius 1 is 1.15 bits per heavy atom. The van der Waals surface area contributed by atoms with Gasteiger partial charge in [-0.15, -0.1) is 0 Å². The van der Waals surface area contributed by atoms with Crippen LogP contribution in [0.25, 0.3) is 0 Å². The van der Waals surface area contributed by atoms with Crippen molar-refractivity contribution in [2.24, 2.45) is 0 Å². The summed E-state index contributed by atoms with van der Waals surface area (Å²) in [5.74, 6) is -0.303. The highest BCUT2D eigenvalue weighted by Crippen LogP contribution is 2.28. The van der Waals surface area contributed by atoms with Gasteiger partial charge in [0.2, 0.25) is 0 Å². The molecule has 0 aromatic heterocycles. The lowest BCUT2D eigenvalue weighted by atomic mass is 9.87. The predicted octanol–water partition coefficient (Wildman–Crippen LogP) is 3.15. The third-order valence-electron chi connectivity index (χ3n) is 3.44. The van der Waals surface area contributed by atoms with E-state index < -0.39 is 11.1 Å². The molecule has 0 spiro atoms. The molecule has 1 N–H and O–H groups in total. The minimum Gasteiger partial charge on any atom is -0.467 e. The summed E-state index contributed by atoms with van der Waals surface area (Å²) in [5, 5.41) is 3.27. The van der Waals surface area contributed by atoms with Gasteiger partial charge in [0, 0.05) is 19.2 Å². The van der Waals surface area contributed by atoms with Crippen LogP contribution in [0.3, 0.4) is 0 Å². The normalized spacial score (nSPS) is 14.5. The van der Waals surface area contributed by atoms with Gasteiger partial charge in [-0.3, -0.25) is 0 Å².